The zero-order valence-corrected chi connectivity index (χ0v) is 11.9. The van der Waals surface area contributed by atoms with Crippen LogP contribution < -0.4 is 5.73 Å². The van der Waals surface area contributed by atoms with E-state index in [9.17, 15) is 0 Å². The monoisotopic (exact) mass is 242 g/mol. The second-order valence-corrected chi connectivity index (χ2v) is 5.66. The van der Waals surface area contributed by atoms with E-state index in [1.165, 1.54) is 38.8 Å². The Morgan fingerprint density at radius 2 is 2.00 bits per heavy atom. The third-order valence-electron chi connectivity index (χ3n) is 4.36. The van der Waals surface area contributed by atoms with Gasteiger partial charge in [0.1, 0.15) is 0 Å². The van der Waals surface area contributed by atoms with Gasteiger partial charge in [0.2, 0.25) is 0 Å². The van der Waals surface area contributed by atoms with Crippen molar-refractivity contribution >= 4 is 0 Å². The lowest BCUT2D eigenvalue weighted by Crippen LogP contribution is -2.54. The van der Waals surface area contributed by atoms with Gasteiger partial charge in [-0.3, -0.25) is 4.90 Å². The summed E-state index contributed by atoms with van der Waals surface area (Å²) in [5.74, 6) is 0.945. The van der Waals surface area contributed by atoms with Gasteiger partial charge in [-0.15, -0.1) is 0 Å². The van der Waals surface area contributed by atoms with Crippen molar-refractivity contribution in [2.75, 3.05) is 33.4 Å². The quantitative estimate of drug-likeness (QED) is 0.744. The molecule has 0 radical (unpaired) electrons. The number of rotatable bonds is 7. The van der Waals surface area contributed by atoms with Crippen molar-refractivity contribution in [2.45, 2.75) is 51.5 Å². The van der Waals surface area contributed by atoms with Gasteiger partial charge in [0, 0.05) is 25.8 Å². The Morgan fingerprint density at radius 3 is 2.47 bits per heavy atom. The third kappa shape index (κ3) is 4.23. The van der Waals surface area contributed by atoms with E-state index in [0.717, 1.165) is 25.5 Å². The number of hydrogen-bond donors (Lipinski definition) is 1. The number of likely N-dealkylation sites (tertiary alicyclic amines) is 1. The average Bonchev–Trinajstić information content (AvgIpc) is 2.37. The van der Waals surface area contributed by atoms with E-state index in [1.807, 2.05) is 0 Å². The number of hydrogen-bond acceptors (Lipinski definition) is 3. The molecule has 0 bridgehead atoms. The molecule has 0 saturated carbocycles. The minimum atomic E-state index is 0.132. The van der Waals surface area contributed by atoms with Crippen LogP contribution in [0.5, 0.6) is 0 Å². The Balaban J connectivity index is 2.43. The second kappa shape index (κ2) is 7.34. The first kappa shape index (κ1) is 14.9. The average molecular weight is 242 g/mol. The number of nitrogens with two attached hydrogens (primary N) is 1. The van der Waals surface area contributed by atoms with Gasteiger partial charge in [-0.05, 0) is 45.2 Å². The molecule has 1 heterocycles. The number of nitrogens with zero attached hydrogens (tertiary/aromatic N) is 1. The highest BCUT2D eigenvalue weighted by molar-refractivity contribution is 4.90. The van der Waals surface area contributed by atoms with Crippen LogP contribution in [0.15, 0.2) is 0 Å². The molecule has 17 heavy (non-hydrogen) atoms. The zero-order chi connectivity index (χ0) is 12.7. The first-order valence-corrected chi connectivity index (χ1v) is 7.10. The first-order valence-electron chi connectivity index (χ1n) is 7.10. The molecule has 1 aliphatic heterocycles. The number of piperidine rings is 1. The fourth-order valence-electron chi connectivity index (χ4n) is 2.88. The van der Waals surface area contributed by atoms with Crippen LogP contribution >= 0.6 is 0 Å². The van der Waals surface area contributed by atoms with Crippen LogP contribution in [0.1, 0.15) is 46.0 Å². The molecular formula is C14H30N2O. The molecule has 0 aromatic heterocycles. The van der Waals surface area contributed by atoms with Gasteiger partial charge in [-0.25, -0.2) is 0 Å². The number of ether oxygens (including phenoxy) is 1. The second-order valence-electron chi connectivity index (χ2n) is 5.66. The molecule has 1 fully saturated rings. The zero-order valence-electron chi connectivity index (χ0n) is 11.9. The number of methoxy groups -OCH3 is 1. The molecule has 3 heteroatoms. The van der Waals surface area contributed by atoms with E-state index in [4.69, 9.17) is 10.5 Å². The molecule has 0 spiro atoms. The third-order valence-corrected chi connectivity index (χ3v) is 4.36. The summed E-state index contributed by atoms with van der Waals surface area (Å²) in [4.78, 5) is 2.58. The van der Waals surface area contributed by atoms with E-state index < -0.39 is 0 Å². The Kier molecular flexibility index (Phi) is 6.45. The van der Waals surface area contributed by atoms with Crippen molar-refractivity contribution in [3.8, 4) is 0 Å². The predicted octanol–water partition coefficient (Wildman–Crippen LogP) is 2.25. The first-order chi connectivity index (χ1) is 8.16. The Morgan fingerprint density at radius 1 is 1.35 bits per heavy atom. The van der Waals surface area contributed by atoms with Crippen molar-refractivity contribution in [1.29, 1.82) is 0 Å². The fraction of sp³-hybridized carbons (Fsp3) is 1.00. The molecule has 1 unspecified atom stereocenters. The largest absolute Gasteiger partial charge is 0.385 e. The molecule has 3 nitrogen and oxygen atoms in total. The van der Waals surface area contributed by atoms with Crippen LogP contribution in [-0.2, 0) is 4.74 Å². The van der Waals surface area contributed by atoms with Gasteiger partial charge in [-0.1, -0.05) is 19.8 Å². The maximum absolute atomic E-state index is 5.97. The summed E-state index contributed by atoms with van der Waals surface area (Å²) in [6.45, 7) is 8.53. The molecule has 102 valence electrons. The summed E-state index contributed by atoms with van der Waals surface area (Å²) in [6.07, 6.45) is 6.44. The summed E-state index contributed by atoms with van der Waals surface area (Å²) < 4.78 is 5.21. The van der Waals surface area contributed by atoms with Crippen molar-refractivity contribution < 1.29 is 4.74 Å². The standard InChI is InChI=1S/C14H30N2O/c1-4-5-13-6-9-16(10-7-13)14(2,12-15)8-11-17-3/h13H,4-12,15H2,1-3H3. The molecule has 0 aromatic rings. The minimum absolute atomic E-state index is 0.132. The normalized spacial score (nSPS) is 22.6. The van der Waals surface area contributed by atoms with Crippen LogP contribution in [0.25, 0.3) is 0 Å². The van der Waals surface area contributed by atoms with E-state index in [2.05, 4.69) is 18.7 Å². The highest BCUT2D eigenvalue weighted by Gasteiger charge is 2.32. The van der Waals surface area contributed by atoms with Gasteiger partial charge in [-0.2, -0.15) is 0 Å². The van der Waals surface area contributed by atoms with Crippen LogP contribution in [0.3, 0.4) is 0 Å². The molecule has 0 amide bonds. The van der Waals surface area contributed by atoms with Crippen molar-refractivity contribution in [3.63, 3.8) is 0 Å². The highest BCUT2D eigenvalue weighted by Crippen LogP contribution is 2.28. The molecule has 1 saturated heterocycles. The highest BCUT2D eigenvalue weighted by atomic mass is 16.5. The summed E-state index contributed by atoms with van der Waals surface area (Å²) in [5, 5.41) is 0. The summed E-state index contributed by atoms with van der Waals surface area (Å²) in [5.41, 5.74) is 6.11. The van der Waals surface area contributed by atoms with Gasteiger partial charge in [0.15, 0.2) is 0 Å². The van der Waals surface area contributed by atoms with Crippen molar-refractivity contribution in [3.05, 3.63) is 0 Å². The maximum Gasteiger partial charge on any atom is 0.0480 e. The van der Waals surface area contributed by atoms with E-state index in [1.54, 1.807) is 7.11 Å². The van der Waals surface area contributed by atoms with Gasteiger partial charge < -0.3 is 10.5 Å². The summed E-state index contributed by atoms with van der Waals surface area (Å²) in [6, 6.07) is 0. The molecular weight excluding hydrogens is 212 g/mol. The van der Waals surface area contributed by atoms with E-state index >= 15 is 0 Å². The maximum atomic E-state index is 5.97. The molecule has 0 aliphatic carbocycles. The van der Waals surface area contributed by atoms with E-state index in [0.29, 0.717) is 0 Å². The molecule has 0 aromatic carbocycles. The van der Waals surface area contributed by atoms with Gasteiger partial charge in [0.25, 0.3) is 0 Å². The Hall–Kier alpha value is -0.120. The smallest absolute Gasteiger partial charge is 0.0480 e. The lowest BCUT2D eigenvalue weighted by Gasteiger charge is -2.44. The minimum Gasteiger partial charge on any atom is -0.385 e. The van der Waals surface area contributed by atoms with Crippen LogP contribution in [0.4, 0.5) is 0 Å². The van der Waals surface area contributed by atoms with Gasteiger partial charge >= 0.3 is 0 Å². The Labute approximate surface area is 107 Å². The van der Waals surface area contributed by atoms with Crippen LogP contribution in [0, 0.1) is 5.92 Å². The predicted molar refractivity (Wildman–Crippen MR) is 73.2 cm³/mol. The molecule has 1 aliphatic rings. The summed E-state index contributed by atoms with van der Waals surface area (Å²) in [7, 11) is 1.77. The molecule has 2 N–H and O–H groups in total. The van der Waals surface area contributed by atoms with Gasteiger partial charge in [0.05, 0.1) is 0 Å². The van der Waals surface area contributed by atoms with Crippen LogP contribution in [-0.4, -0.2) is 43.8 Å². The molecule has 1 rings (SSSR count). The van der Waals surface area contributed by atoms with Crippen molar-refractivity contribution in [1.82, 2.24) is 4.90 Å². The fourth-order valence-corrected chi connectivity index (χ4v) is 2.88. The SMILES string of the molecule is CCCC1CCN(C(C)(CN)CCOC)CC1. The lowest BCUT2D eigenvalue weighted by molar-refractivity contribution is 0.0390. The molecule has 1 atom stereocenters. The Bertz CT molecular complexity index is 202. The van der Waals surface area contributed by atoms with Crippen molar-refractivity contribution in [2.24, 2.45) is 11.7 Å². The van der Waals surface area contributed by atoms with E-state index in [-0.39, 0.29) is 5.54 Å². The van der Waals surface area contributed by atoms with Crippen LogP contribution in [0.2, 0.25) is 0 Å². The lowest BCUT2D eigenvalue weighted by atomic mass is 9.87. The summed E-state index contributed by atoms with van der Waals surface area (Å²) >= 11 is 0. The topological polar surface area (TPSA) is 38.5 Å².